The molecule has 0 spiro atoms. The van der Waals surface area contributed by atoms with Crippen LogP contribution in [0, 0.1) is 0 Å². The summed E-state index contributed by atoms with van der Waals surface area (Å²) in [5.41, 5.74) is 0.557. The van der Waals surface area contributed by atoms with Gasteiger partial charge in [0.2, 0.25) is 5.75 Å². The zero-order valence-corrected chi connectivity index (χ0v) is 16.0. The van der Waals surface area contributed by atoms with Gasteiger partial charge in [-0.15, -0.1) is 11.3 Å². The number of Topliss-reactive ketones (excluding diaryl/α,β-unsaturated/α-hetero) is 1. The van der Waals surface area contributed by atoms with Gasteiger partial charge in [0, 0.05) is 43.3 Å². The molecule has 1 saturated heterocycles. The molecule has 1 aliphatic heterocycles. The molecule has 140 valence electrons. The predicted octanol–water partition coefficient (Wildman–Crippen LogP) is 2.17. The zero-order chi connectivity index (χ0) is 18.5. The van der Waals surface area contributed by atoms with E-state index >= 15 is 0 Å². The van der Waals surface area contributed by atoms with Crippen LogP contribution in [0.5, 0.6) is 17.2 Å². The Balaban J connectivity index is 1.65. The first-order chi connectivity index (χ1) is 12.7. The number of carbonyl (C=O) groups excluding carboxylic acids is 1. The topological polar surface area (TPSA) is 64.1 Å². The quantitative estimate of drug-likeness (QED) is 0.685. The summed E-state index contributed by atoms with van der Waals surface area (Å²) in [7, 11) is 4.64. The maximum absolute atomic E-state index is 12.7. The van der Waals surface area contributed by atoms with Crippen molar-refractivity contribution >= 4 is 22.3 Å². The van der Waals surface area contributed by atoms with Gasteiger partial charge in [-0.1, -0.05) is 0 Å². The number of aromatic nitrogens is 1. The van der Waals surface area contributed by atoms with Crippen LogP contribution in [-0.4, -0.2) is 69.7 Å². The van der Waals surface area contributed by atoms with Gasteiger partial charge in [-0.3, -0.25) is 9.69 Å². The summed E-state index contributed by atoms with van der Waals surface area (Å²) in [4.78, 5) is 21.5. The van der Waals surface area contributed by atoms with Crippen LogP contribution in [0.1, 0.15) is 10.4 Å². The Morgan fingerprint density at radius 1 is 1.08 bits per heavy atom. The lowest BCUT2D eigenvalue weighted by Crippen LogP contribution is -2.48. The second kappa shape index (κ2) is 8.37. The minimum atomic E-state index is 0.0342. The van der Waals surface area contributed by atoms with Crippen molar-refractivity contribution in [1.82, 2.24) is 9.88 Å². The van der Waals surface area contributed by atoms with E-state index in [1.165, 1.54) is 0 Å². The van der Waals surface area contributed by atoms with Crippen molar-refractivity contribution in [1.29, 1.82) is 0 Å². The standard InChI is InChI=1S/C18H23N3O4S/c1-23-15-10-13(11-16(24-2)17(15)25-3)14(22)12-20-5-7-21(8-6-20)18-19-4-9-26-18/h4,9-11H,5-8,12H2,1-3H3. The molecule has 8 heteroatoms. The van der Waals surface area contributed by atoms with E-state index in [1.54, 1.807) is 44.8 Å². The molecule has 1 aliphatic rings. The van der Waals surface area contributed by atoms with Gasteiger partial charge in [-0.05, 0) is 12.1 Å². The van der Waals surface area contributed by atoms with E-state index in [4.69, 9.17) is 14.2 Å². The number of hydrogen-bond donors (Lipinski definition) is 0. The molecule has 0 aliphatic carbocycles. The zero-order valence-electron chi connectivity index (χ0n) is 15.2. The van der Waals surface area contributed by atoms with E-state index in [2.05, 4.69) is 14.8 Å². The monoisotopic (exact) mass is 377 g/mol. The molecule has 0 amide bonds. The molecule has 0 N–H and O–H groups in total. The summed E-state index contributed by atoms with van der Waals surface area (Å²) in [5.74, 6) is 1.50. The van der Waals surface area contributed by atoms with Crippen LogP contribution in [0.2, 0.25) is 0 Å². The van der Waals surface area contributed by atoms with Crippen molar-refractivity contribution in [3.8, 4) is 17.2 Å². The van der Waals surface area contributed by atoms with Crippen molar-refractivity contribution in [2.24, 2.45) is 0 Å². The lowest BCUT2D eigenvalue weighted by atomic mass is 10.1. The third-order valence-electron chi connectivity index (χ3n) is 4.42. The smallest absolute Gasteiger partial charge is 0.203 e. The van der Waals surface area contributed by atoms with Crippen LogP contribution in [0.4, 0.5) is 5.13 Å². The summed E-state index contributed by atoms with van der Waals surface area (Å²) in [6.07, 6.45) is 1.82. The average molecular weight is 377 g/mol. The van der Waals surface area contributed by atoms with Gasteiger partial charge in [0.05, 0.1) is 27.9 Å². The van der Waals surface area contributed by atoms with Gasteiger partial charge in [-0.2, -0.15) is 0 Å². The van der Waals surface area contributed by atoms with Crippen molar-refractivity contribution in [3.05, 3.63) is 29.3 Å². The van der Waals surface area contributed by atoms with Crippen LogP contribution >= 0.6 is 11.3 Å². The highest BCUT2D eigenvalue weighted by Gasteiger charge is 2.22. The van der Waals surface area contributed by atoms with Crippen LogP contribution < -0.4 is 19.1 Å². The van der Waals surface area contributed by atoms with E-state index in [1.807, 2.05) is 11.6 Å². The summed E-state index contributed by atoms with van der Waals surface area (Å²) in [5, 5.41) is 3.02. The summed E-state index contributed by atoms with van der Waals surface area (Å²) in [6.45, 7) is 3.77. The molecular formula is C18H23N3O4S. The van der Waals surface area contributed by atoms with Crippen LogP contribution in [0.3, 0.4) is 0 Å². The first-order valence-corrected chi connectivity index (χ1v) is 9.24. The molecule has 0 saturated carbocycles. The molecule has 0 atom stereocenters. The lowest BCUT2D eigenvalue weighted by molar-refractivity contribution is 0.0925. The number of thiazole rings is 1. The minimum Gasteiger partial charge on any atom is -0.493 e. The van der Waals surface area contributed by atoms with Gasteiger partial charge >= 0.3 is 0 Å². The molecule has 7 nitrogen and oxygen atoms in total. The largest absolute Gasteiger partial charge is 0.493 e. The van der Waals surface area contributed by atoms with Gasteiger partial charge in [0.1, 0.15) is 0 Å². The number of anilines is 1. The summed E-state index contributed by atoms with van der Waals surface area (Å²) >= 11 is 1.64. The number of methoxy groups -OCH3 is 3. The van der Waals surface area contributed by atoms with Crippen LogP contribution in [0.15, 0.2) is 23.7 Å². The molecule has 26 heavy (non-hydrogen) atoms. The average Bonchev–Trinajstić information content (AvgIpc) is 3.22. The molecule has 2 aromatic rings. The Morgan fingerprint density at radius 2 is 1.73 bits per heavy atom. The Morgan fingerprint density at radius 3 is 2.23 bits per heavy atom. The highest BCUT2D eigenvalue weighted by atomic mass is 32.1. The molecular weight excluding hydrogens is 354 g/mol. The van der Waals surface area contributed by atoms with Crippen molar-refractivity contribution in [2.45, 2.75) is 0 Å². The van der Waals surface area contributed by atoms with Crippen LogP contribution in [0.25, 0.3) is 0 Å². The van der Waals surface area contributed by atoms with E-state index in [9.17, 15) is 4.79 Å². The number of piperazine rings is 1. The molecule has 1 aromatic heterocycles. The van der Waals surface area contributed by atoms with Gasteiger partial charge < -0.3 is 19.1 Å². The Labute approximate surface area is 157 Å². The molecule has 0 radical (unpaired) electrons. The number of ether oxygens (including phenoxy) is 3. The third-order valence-corrected chi connectivity index (χ3v) is 5.25. The second-order valence-electron chi connectivity index (χ2n) is 5.92. The minimum absolute atomic E-state index is 0.0342. The number of benzene rings is 1. The fraction of sp³-hybridized carbons (Fsp3) is 0.444. The van der Waals surface area contributed by atoms with E-state index in [0.29, 0.717) is 29.4 Å². The number of carbonyl (C=O) groups is 1. The molecule has 1 fully saturated rings. The molecule has 3 rings (SSSR count). The molecule has 2 heterocycles. The Hall–Kier alpha value is -2.32. The molecule has 0 bridgehead atoms. The van der Waals surface area contributed by atoms with Crippen molar-refractivity contribution in [3.63, 3.8) is 0 Å². The lowest BCUT2D eigenvalue weighted by Gasteiger charge is -2.34. The normalized spacial score (nSPS) is 15.0. The molecule has 0 unspecified atom stereocenters. The summed E-state index contributed by atoms with van der Waals surface area (Å²) in [6, 6.07) is 3.41. The van der Waals surface area contributed by atoms with Crippen LogP contribution in [-0.2, 0) is 0 Å². The summed E-state index contributed by atoms with van der Waals surface area (Å²) < 4.78 is 16.0. The number of rotatable bonds is 7. The van der Waals surface area contributed by atoms with E-state index < -0.39 is 0 Å². The third kappa shape index (κ3) is 3.91. The van der Waals surface area contributed by atoms with Crippen molar-refractivity contribution < 1.29 is 19.0 Å². The second-order valence-corrected chi connectivity index (χ2v) is 6.79. The fourth-order valence-corrected chi connectivity index (χ4v) is 3.70. The number of ketones is 1. The van der Waals surface area contributed by atoms with Gasteiger partial charge in [-0.25, -0.2) is 4.98 Å². The fourth-order valence-electron chi connectivity index (χ4n) is 3.01. The highest BCUT2D eigenvalue weighted by molar-refractivity contribution is 7.13. The first kappa shape index (κ1) is 18.5. The highest BCUT2D eigenvalue weighted by Crippen LogP contribution is 2.38. The maximum atomic E-state index is 12.7. The number of hydrogen-bond acceptors (Lipinski definition) is 8. The predicted molar refractivity (Wildman–Crippen MR) is 101 cm³/mol. The van der Waals surface area contributed by atoms with Gasteiger partial charge in [0.25, 0.3) is 0 Å². The Kier molecular flexibility index (Phi) is 5.95. The SMILES string of the molecule is COc1cc(C(=O)CN2CCN(c3nccs3)CC2)cc(OC)c1OC. The van der Waals surface area contributed by atoms with Gasteiger partial charge in [0.15, 0.2) is 22.4 Å². The maximum Gasteiger partial charge on any atom is 0.203 e. The Bertz CT molecular complexity index is 718. The first-order valence-electron chi connectivity index (χ1n) is 8.36. The number of nitrogens with zero attached hydrogens (tertiary/aromatic N) is 3. The van der Waals surface area contributed by atoms with E-state index in [0.717, 1.165) is 31.3 Å². The molecule has 1 aromatic carbocycles. The van der Waals surface area contributed by atoms with E-state index in [-0.39, 0.29) is 5.78 Å². The van der Waals surface area contributed by atoms with Crippen molar-refractivity contribution in [2.75, 3.05) is 59.0 Å².